The van der Waals surface area contributed by atoms with Crippen molar-refractivity contribution in [2.45, 2.75) is 12.0 Å². The lowest BCUT2D eigenvalue weighted by Crippen LogP contribution is -2.34. The zero-order valence-corrected chi connectivity index (χ0v) is 12.9. The van der Waals surface area contributed by atoms with Crippen LogP contribution in [-0.2, 0) is 5.60 Å². The van der Waals surface area contributed by atoms with Gasteiger partial charge in [-0.1, -0.05) is 30.3 Å². The highest BCUT2D eigenvalue weighted by Gasteiger charge is 2.41. The van der Waals surface area contributed by atoms with Gasteiger partial charge in [0.1, 0.15) is 17.0 Å². The maximum absolute atomic E-state index is 12.7. The van der Waals surface area contributed by atoms with Crippen LogP contribution >= 0.6 is 0 Å². The number of nitrogens with one attached hydrogen (secondary N) is 2. The van der Waals surface area contributed by atoms with Crippen LogP contribution in [0, 0.1) is 0 Å². The highest BCUT2D eigenvalue weighted by Crippen LogP contribution is 2.31. The number of β-amino-alcohol motifs (C(OH)–C–C–N with tert-alkyl or cyclic N) is 1. The number of aliphatic hydroxyl groups is 1. The number of aromatic amines is 2. The number of likely N-dealkylation sites (tertiary alicyclic amines) is 1. The molecule has 0 bridgehead atoms. The molecule has 1 amide bonds. The van der Waals surface area contributed by atoms with E-state index in [0.717, 1.165) is 11.3 Å². The summed E-state index contributed by atoms with van der Waals surface area (Å²) in [4.78, 5) is 17.5. The van der Waals surface area contributed by atoms with E-state index in [0.29, 0.717) is 24.4 Å². The van der Waals surface area contributed by atoms with Gasteiger partial charge in [-0.3, -0.25) is 4.79 Å². The number of hydrogen-bond donors (Lipinski definition) is 3. The van der Waals surface area contributed by atoms with Crippen LogP contribution in [0.3, 0.4) is 0 Å². The van der Waals surface area contributed by atoms with Crippen LogP contribution in [0.5, 0.6) is 0 Å². The van der Waals surface area contributed by atoms with Gasteiger partial charge in [0.25, 0.3) is 5.91 Å². The van der Waals surface area contributed by atoms with Crippen molar-refractivity contribution in [3.63, 3.8) is 0 Å². The van der Waals surface area contributed by atoms with Crippen molar-refractivity contribution in [2.75, 3.05) is 13.1 Å². The Morgan fingerprint density at radius 2 is 2.04 bits per heavy atom. The monoisotopic (exact) mass is 323 g/mol. The van der Waals surface area contributed by atoms with Crippen molar-refractivity contribution in [1.82, 2.24) is 25.3 Å². The highest BCUT2D eigenvalue weighted by atomic mass is 16.3. The molecule has 1 saturated heterocycles. The van der Waals surface area contributed by atoms with E-state index in [9.17, 15) is 9.90 Å². The minimum atomic E-state index is -1.14. The van der Waals surface area contributed by atoms with Crippen molar-refractivity contribution in [3.8, 4) is 11.3 Å². The van der Waals surface area contributed by atoms with Crippen molar-refractivity contribution in [3.05, 3.63) is 60.0 Å². The number of amides is 1. The van der Waals surface area contributed by atoms with Crippen LogP contribution in [0.4, 0.5) is 0 Å². The molecule has 0 radical (unpaired) electrons. The Labute approximate surface area is 138 Å². The maximum atomic E-state index is 12.7. The second-order valence-corrected chi connectivity index (χ2v) is 6.02. The molecule has 7 heteroatoms. The molecule has 1 aliphatic heterocycles. The largest absolute Gasteiger partial charge is 0.381 e. The molecule has 24 heavy (non-hydrogen) atoms. The summed E-state index contributed by atoms with van der Waals surface area (Å²) in [5.41, 5.74) is 1.76. The van der Waals surface area contributed by atoms with Crippen LogP contribution in [0.25, 0.3) is 11.3 Å². The zero-order valence-electron chi connectivity index (χ0n) is 12.9. The number of nitrogens with zero attached hydrogens (tertiary/aromatic N) is 3. The normalized spacial score (nSPS) is 20.5. The molecule has 0 spiro atoms. The summed E-state index contributed by atoms with van der Waals surface area (Å²) in [6.07, 6.45) is 1.94. The van der Waals surface area contributed by atoms with Gasteiger partial charge in [0.2, 0.25) is 0 Å². The molecule has 3 N–H and O–H groups in total. The Morgan fingerprint density at radius 3 is 2.79 bits per heavy atom. The van der Waals surface area contributed by atoms with Crippen molar-refractivity contribution in [1.29, 1.82) is 0 Å². The summed E-state index contributed by atoms with van der Waals surface area (Å²) in [7, 11) is 0. The molecule has 1 aliphatic rings. The number of hydrogen-bond acceptors (Lipinski definition) is 4. The summed E-state index contributed by atoms with van der Waals surface area (Å²) in [6.45, 7) is 0.680. The van der Waals surface area contributed by atoms with E-state index in [-0.39, 0.29) is 12.5 Å². The molecule has 1 fully saturated rings. The van der Waals surface area contributed by atoms with Crippen LogP contribution < -0.4 is 0 Å². The topological polar surface area (TPSA) is 97.9 Å². The smallest absolute Gasteiger partial charge is 0.270 e. The average molecular weight is 323 g/mol. The molecule has 3 heterocycles. The second-order valence-electron chi connectivity index (χ2n) is 6.02. The van der Waals surface area contributed by atoms with Gasteiger partial charge in [0.15, 0.2) is 0 Å². The molecule has 122 valence electrons. The lowest BCUT2D eigenvalue weighted by atomic mass is 10.00. The van der Waals surface area contributed by atoms with Gasteiger partial charge in [-0.15, -0.1) is 0 Å². The van der Waals surface area contributed by atoms with Crippen molar-refractivity contribution in [2.24, 2.45) is 0 Å². The van der Waals surface area contributed by atoms with Crippen LogP contribution in [-0.4, -0.2) is 49.4 Å². The molecule has 4 rings (SSSR count). The van der Waals surface area contributed by atoms with Crippen LogP contribution in [0.2, 0.25) is 0 Å². The number of rotatable bonds is 3. The first-order chi connectivity index (χ1) is 11.7. The number of carbonyl (C=O) groups is 1. The van der Waals surface area contributed by atoms with E-state index in [4.69, 9.17) is 0 Å². The number of aromatic nitrogens is 4. The van der Waals surface area contributed by atoms with E-state index in [1.54, 1.807) is 11.0 Å². The third-order valence-electron chi connectivity index (χ3n) is 4.43. The van der Waals surface area contributed by atoms with Crippen molar-refractivity contribution < 1.29 is 9.90 Å². The van der Waals surface area contributed by atoms with Gasteiger partial charge in [-0.2, -0.15) is 15.4 Å². The molecule has 1 unspecified atom stereocenters. The molecule has 0 saturated carbocycles. The van der Waals surface area contributed by atoms with Crippen LogP contribution in [0.1, 0.15) is 22.6 Å². The summed E-state index contributed by atoms with van der Waals surface area (Å²) in [5.74, 6) is -0.128. The van der Waals surface area contributed by atoms with Crippen molar-refractivity contribution >= 4 is 5.91 Å². The summed E-state index contributed by atoms with van der Waals surface area (Å²) >= 11 is 0. The predicted octanol–water partition coefficient (Wildman–Crippen LogP) is 1.53. The standard InChI is InChI=1S/C17H17N5O2/c23-16(14-7-6-13(19-14)12-4-2-1-3-5-12)22-9-8-17(24,11-22)15-10-18-21-20-15/h1-7,10,19,24H,8-9,11H2,(H,18,20,21). The zero-order chi connectivity index (χ0) is 16.6. The van der Waals surface area contributed by atoms with Gasteiger partial charge in [-0.25, -0.2) is 0 Å². The van der Waals surface area contributed by atoms with E-state index in [1.165, 1.54) is 6.20 Å². The molecule has 1 aromatic carbocycles. The number of carbonyl (C=O) groups excluding carboxylic acids is 1. The fraction of sp³-hybridized carbons (Fsp3) is 0.235. The predicted molar refractivity (Wildman–Crippen MR) is 87.0 cm³/mol. The van der Waals surface area contributed by atoms with Gasteiger partial charge in [0.05, 0.1) is 12.7 Å². The van der Waals surface area contributed by atoms with Crippen LogP contribution in [0.15, 0.2) is 48.7 Å². The Morgan fingerprint density at radius 1 is 1.21 bits per heavy atom. The molecule has 7 nitrogen and oxygen atoms in total. The first-order valence-corrected chi connectivity index (χ1v) is 7.78. The Balaban J connectivity index is 1.52. The lowest BCUT2D eigenvalue weighted by Gasteiger charge is -2.20. The van der Waals surface area contributed by atoms with E-state index in [2.05, 4.69) is 20.4 Å². The fourth-order valence-electron chi connectivity index (χ4n) is 3.08. The third-order valence-corrected chi connectivity index (χ3v) is 4.43. The molecule has 2 aromatic heterocycles. The van der Waals surface area contributed by atoms with E-state index in [1.807, 2.05) is 36.4 Å². The molecular formula is C17H17N5O2. The minimum absolute atomic E-state index is 0.128. The van der Waals surface area contributed by atoms with Gasteiger partial charge in [0, 0.05) is 18.7 Å². The lowest BCUT2D eigenvalue weighted by molar-refractivity contribution is 0.0380. The Bertz CT molecular complexity index is 843. The Hall–Kier alpha value is -2.93. The highest BCUT2D eigenvalue weighted by molar-refractivity contribution is 5.93. The average Bonchev–Trinajstić information content (AvgIpc) is 3.36. The molecule has 1 atom stereocenters. The number of benzene rings is 1. The van der Waals surface area contributed by atoms with Gasteiger partial charge in [-0.05, 0) is 17.7 Å². The number of H-pyrrole nitrogens is 2. The fourth-order valence-corrected chi connectivity index (χ4v) is 3.08. The third kappa shape index (κ3) is 2.48. The SMILES string of the molecule is O=C(c1ccc(-c2ccccc2)[nH]1)N1CCC(O)(c2cn[nH]n2)C1. The molecule has 3 aromatic rings. The van der Waals surface area contributed by atoms with E-state index < -0.39 is 5.60 Å². The van der Waals surface area contributed by atoms with Gasteiger partial charge >= 0.3 is 0 Å². The first-order valence-electron chi connectivity index (χ1n) is 7.78. The quantitative estimate of drug-likeness (QED) is 0.681. The van der Waals surface area contributed by atoms with E-state index >= 15 is 0 Å². The molecule has 0 aliphatic carbocycles. The summed E-state index contributed by atoms with van der Waals surface area (Å²) in [5, 5.41) is 20.9. The second kappa shape index (κ2) is 5.61. The summed E-state index contributed by atoms with van der Waals surface area (Å²) < 4.78 is 0. The minimum Gasteiger partial charge on any atom is -0.381 e. The molecular weight excluding hydrogens is 306 g/mol. The summed E-state index contributed by atoms with van der Waals surface area (Å²) in [6, 6.07) is 13.5. The first kappa shape index (κ1) is 14.6. The van der Waals surface area contributed by atoms with Gasteiger partial charge < -0.3 is 15.0 Å². The Kier molecular flexibility index (Phi) is 3.42. The maximum Gasteiger partial charge on any atom is 0.270 e.